The molecule has 1 aromatic rings. The molecule has 0 aliphatic heterocycles. The van der Waals surface area contributed by atoms with Crippen LogP contribution in [0.5, 0.6) is 0 Å². The van der Waals surface area contributed by atoms with Crippen LogP contribution in [-0.4, -0.2) is 23.6 Å². The van der Waals surface area contributed by atoms with Crippen LogP contribution in [0.25, 0.3) is 0 Å². The van der Waals surface area contributed by atoms with Crippen LogP contribution in [0.2, 0.25) is 0 Å². The predicted molar refractivity (Wildman–Crippen MR) is 84.1 cm³/mol. The SMILES string of the molecule is CCN(c1cc(C)ncc1CNC1CC1)C1CCCC1. The summed E-state index contributed by atoms with van der Waals surface area (Å²) in [5, 5.41) is 3.64. The first kappa shape index (κ1) is 13.9. The van der Waals surface area contributed by atoms with Crippen LogP contribution < -0.4 is 10.2 Å². The number of anilines is 1. The number of hydrogen-bond acceptors (Lipinski definition) is 3. The maximum atomic E-state index is 4.51. The highest BCUT2D eigenvalue weighted by atomic mass is 15.2. The molecule has 3 nitrogen and oxygen atoms in total. The van der Waals surface area contributed by atoms with Gasteiger partial charge in [0.2, 0.25) is 0 Å². The summed E-state index contributed by atoms with van der Waals surface area (Å²) < 4.78 is 0. The van der Waals surface area contributed by atoms with Crippen molar-refractivity contribution < 1.29 is 0 Å². The average Bonchev–Trinajstić information content (AvgIpc) is 3.13. The van der Waals surface area contributed by atoms with Crippen molar-refractivity contribution >= 4 is 5.69 Å². The minimum absolute atomic E-state index is 0.737. The summed E-state index contributed by atoms with van der Waals surface area (Å²) >= 11 is 0. The van der Waals surface area contributed by atoms with Crippen molar-refractivity contribution in [1.29, 1.82) is 0 Å². The largest absolute Gasteiger partial charge is 0.368 e. The molecule has 3 rings (SSSR count). The molecule has 110 valence electrons. The first-order valence-electron chi connectivity index (χ1n) is 8.23. The van der Waals surface area contributed by atoms with Gasteiger partial charge in [-0.05, 0) is 45.6 Å². The van der Waals surface area contributed by atoms with E-state index in [-0.39, 0.29) is 0 Å². The van der Waals surface area contributed by atoms with Crippen molar-refractivity contribution in [3.63, 3.8) is 0 Å². The van der Waals surface area contributed by atoms with Crippen molar-refractivity contribution in [1.82, 2.24) is 10.3 Å². The first-order chi connectivity index (χ1) is 9.78. The van der Waals surface area contributed by atoms with Gasteiger partial charge in [-0.3, -0.25) is 4.98 Å². The standard InChI is InChI=1S/C17H27N3/c1-3-20(16-6-4-5-7-16)17-10-13(2)18-11-14(17)12-19-15-8-9-15/h10-11,15-16,19H,3-9,12H2,1-2H3. The molecule has 2 aliphatic carbocycles. The van der Waals surface area contributed by atoms with E-state index in [0.717, 1.165) is 30.9 Å². The van der Waals surface area contributed by atoms with E-state index in [9.17, 15) is 0 Å². The molecule has 20 heavy (non-hydrogen) atoms. The second kappa shape index (κ2) is 6.13. The maximum absolute atomic E-state index is 4.51. The summed E-state index contributed by atoms with van der Waals surface area (Å²) in [6.07, 6.45) is 10.2. The Kier molecular flexibility index (Phi) is 4.25. The Morgan fingerprint density at radius 1 is 1.25 bits per heavy atom. The summed E-state index contributed by atoms with van der Waals surface area (Å²) in [7, 11) is 0. The number of nitrogens with zero attached hydrogens (tertiary/aromatic N) is 2. The van der Waals surface area contributed by atoms with E-state index >= 15 is 0 Å². The third kappa shape index (κ3) is 3.14. The molecule has 1 heterocycles. The van der Waals surface area contributed by atoms with Crippen molar-refractivity contribution in [3.05, 3.63) is 23.5 Å². The minimum atomic E-state index is 0.737. The molecule has 0 amide bonds. The zero-order chi connectivity index (χ0) is 13.9. The van der Waals surface area contributed by atoms with Gasteiger partial charge in [-0.1, -0.05) is 12.8 Å². The van der Waals surface area contributed by atoms with Gasteiger partial charge in [0.05, 0.1) is 0 Å². The molecular weight excluding hydrogens is 246 g/mol. The van der Waals surface area contributed by atoms with Crippen LogP contribution in [-0.2, 0) is 6.54 Å². The van der Waals surface area contributed by atoms with Crippen molar-refractivity contribution in [2.45, 2.75) is 71.0 Å². The molecule has 0 atom stereocenters. The lowest BCUT2D eigenvalue weighted by Crippen LogP contribution is -2.34. The molecule has 0 bridgehead atoms. The fourth-order valence-electron chi connectivity index (χ4n) is 3.36. The Hall–Kier alpha value is -1.09. The molecule has 3 heteroatoms. The number of hydrogen-bond donors (Lipinski definition) is 1. The fourth-order valence-corrected chi connectivity index (χ4v) is 3.36. The van der Waals surface area contributed by atoms with Gasteiger partial charge in [0.1, 0.15) is 0 Å². The molecular formula is C17H27N3. The van der Waals surface area contributed by atoms with Gasteiger partial charge in [0.25, 0.3) is 0 Å². The summed E-state index contributed by atoms with van der Waals surface area (Å²) in [5.74, 6) is 0. The van der Waals surface area contributed by atoms with E-state index in [4.69, 9.17) is 0 Å². The van der Waals surface area contributed by atoms with Crippen LogP contribution in [0, 0.1) is 6.92 Å². The Morgan fingerprint density at radius 3 is 2.65 bits per heavy atom. The van der Waals surface area contributed by atoms with Gasteiger partial charge in [0, 0.05) is 48.3 Å². The number of aromatic nitrogens is 1. The molecule has 2 saturated carbocycles. The lowest BCUT2D eigenvalue weighted by atomic mass is 10.1. The third-order valence-corrected chi connectivity index (χ3v) is 4.67. The van der Waals surface area contributed by atoms with E-state index in [1.165, 1.54) is 49.8 Å². The minimum Gasteiger partial charge on any atom is -0.368 e. The Balaban J connectivity index is 1.81. The van der Waals surface area contributed by atoms with E-state index in [1.54, 1.807) is 0 Å². The van der Waals surface area contributed by atoms with E-state index < -0.39 is 0 Å². The summed E-state index contributed by atoms with van der Waals surface area (Å²) in [5.41, 5.74) is 3.92. The zero-order valence-electron chi connectivity index (χ0n) is 12.9. The summed E-state index contributed by atoms with van der Waals surface area (Å²) in [6.45, 7) is 6.46. The third-order valence-electron chi connectivity index (χ3n) is 4.67. The van der Waals surface area contributed by atoms with Gasteiger partial charge in [0.15, 0.2) is 0 Å². The lowest BCUT2D eigenvalue weighted by molar-refractivity contribution is 0.611. The molecule has 0 unspecified atom stereocenters. The van der Waals surface area contributed by atoms with Gasteiger partial charge in [-0.15, -0.1) is 0 Å². The molecule has 1 aromatic heterocycles. The Morgan fingerprint density at radius 2 is 2.00 bits per heavy atom. The molecule has 2 aliphatic rings. The number of aryl methyl sites for hydroxylation is 1. The van der Waals surface area contributed by atoms with Crippen LogP contribution in [0.3, 0.4) is 0 Å². The Labute approximate surface area is 122 Å². The van der Waals surface area contributed by atoms with E-state index in [2.05, 4.69) is 41.3 Å². The molecule has 0 radical (unpaired) electrons. The Bertz CT molecular complexity index is 448. The summed E-state index contributed by atoms with van der Waals surface area (Å²) in [6, 6.07) is 3.78. The van der Waals surface area contributed by atoms with Crippen LogP contribution in [0.1, 0.15) is 56.7 Å². The number of nitrogens with one attached hydrogen (secondary N) is 1. The number of rotatable bonds is 6. The van der Waals surface area contributed by atoms with Crippen molar-refractivity contribution in [2.24, 2.45) is 0 Å². The van der Waals surface area contributed by atoms with Crippen LogP contribution >= 0.6 is 0 Å². The van der Waals surface area contributed by atoms with E-state index in [0.29, 0.717) is 0 Å². The van der Waals surface area contributed by atoms with Crippen molar-refractivity contribution in [3.8, 4) is 0 Å². The average molecular weight is 273 g/mol. The highest BCUT2D eigenvalue weighted by molar-refractivity contribution is 5.54. The quantitative estimate of drug-likeness (QED) is 0.861. The predicted octanol–water partition coefficient (Wildman–Crippen LogP) is 3.41. The normalized spacial score (nSPS) is 19.5. The lowest BCUT2D eigenvalue weighted by Gasteiger charge is -2.32. The monoisotopic (exact) mass is 273 g/mol. The smallest absolute Gasteiger partial charge is 0.0447 e. The van der Waals surface area contributed by atoms with Crippen LogP contribution in [0.4, 0.5) is 5.69 Å². The maximum Gasteiger partial charge on any atom is 0.0447 e. The second-order valence-electron chi connectivity index (χ2n) is 6.33. The second-order valence-corrected chi connectivity index (χ2v) is 6.33. The molecule has 0 spiro atoms. The van der Waals surface area contributed by atoms with E-state index in [1.807, 2.05) is 0 Å². The van der Waals surface area contributed by atoms with Gasteiger partial charge >= 0.3 is 0 Å². The topological polar surface area (TPSA) is 28.2 Å². The van der Waals surface area contributed by atoms with Gasteiger partial charge in [-0.25, -0.2) is 0 Å². The van der Waals surface area contributed by atoms with Crippen molar-refractivity contribution in [2.75, 3.05) is 11.4 Å². The van der Waals surface area contributed by atoms with Crippen LogP contribution in [0.15, 0.2) is 12.3 Å². The molecule has 2 fully saturated rings. The highest BCUT2D eigenvalue weighted by Gasteiger charge is 2.25. The molecule has 0 aromatic carbocycles. The fraction of sp³-hybridized carbons (Fsp3) is 0.706. The van der Waals surface area contributed by atoms with Gasteiger partial charge in [-0.2, -0.15) is 0 Å². The summed E-state index contributed by atoms with van der Waals surface area (Å²) in [4.78, 5) is 7.13. The zero-order valence-corrected chi connectivity index (χ0v) is 12.9. The first-order valence-corrected chi connectivity index (χ1v) is 8.23. The highest BCUT2D eigenvalue weighted by Crippen LogP contribution is 2.31. The molecule has 1 N–H and O–H groups in total. The number of pyridine rings is 1. The van der Waals surface area contributed by atoms with Gasteiger partial charge < -0.3 is 10.2 Å². The molecule has 0 saturated heterocycles.